The summed E-state index contributed by atoms with van der Waals surface area (Å²) in [4.78, 5) is 18.9. The first-order chi connectivity index (χ1) is 12.0. The summed E-state index contributed by atoms with van der Waals surface area (Å²) in [5, 5.41) is 9.66. The van der Waals surface area contributed by atoms with Gasteiger partial charge in [-0.3, -0.25) is 14.7 Å². The lowest BCUT2D eigenvalue weighted by atomic mass is 9.95. The molecule has 3 N–H and O–H groups in total. The molecule has 7 heteroatoms. The van der Waals surface area contributed by atoms with Crippen molar-refractivity contribution in [2.75, 3.05) is 33.2 Å². The molecule has 0 unspecified atom stereocenters. The van der Waals surface area contributed by atoms with E-state index >= 15 is 0 Å². The first-order valence-corrected chi connectivity index (χ1v) is 10.0. The standard InChI is InChI=1S/C19H37N5O.HI/c1-19(2,24-12-8-5-9-13-24)15-22-18(20-3)21-14-17(25)23-16-10-6-4-7-11-16;/h16H,4-15H2,1-3H3,(H,23,25)(H2,20,21,22);1H. The van der Waals surface area contributed by atoms with Gasteiger partial charge in [-0.25, -0.2) is 0 Å². The van der Waals surface area contributed by atoms with Crippen molar-refractivity contribution in [2.45, 2.75) is 76.8 Å². The van der Waals surface area contributed by atoms with Crippen LogP contribution < -0.4 is 16.0 Å². The number of hydrogen-bond donors (Lipinski definition) is 3. The van der Waals surface area contributed by atoms with Crippen LogP contribution in [0.3, 0.4) is 0 Å². The second kappa shape index (κ2) is 12.0. The lowest BCUT2D eigenvalue weighted by Gasteiger charge is -2.41. The van der Waals surface area contributed by atoms with E-state index in [2.05, 4.69) is 39.7 Å². The fourth-order valence-electron chi connectivity index (χ4n) is 3.82. The van der Waals surface area contributed by atoms with E-state index < -0.39 is 0 Å². The maximum absolute atomic E-state index is 12.1. The topological polar surface area (TPSA) is 68.8 Å². The van der Waals surface area contributed by atoms with Crippen molar-refractivity contribution in [1.29, 1.82) is 0 Å². The number of piperidine rings is 1. The van der Waals surface area contributed by atoms with E-state index in [1.807, 2.05) is 0 Å². The molecule has 1 saturated carbocycles. The zero-order valence-corrected chi connectivity index (χ0v) is 19.1. The highest BCUT2D eigenvalue weighted by molar-refractivity contribution is 14.0. The summed E-state index contributed by atoms with van der Waals surface area (Å²) in [6.07, 6.45) is 9.91. The van der Waals surface area contributed by atoms with Crippen LogP contribution in [0.15, 0.2) is 4.99 Å². The molecule has 152 valence electrons. The highest BCUT2D eigenvalue weighted by Gasteiger charge is 2.28. The Morgan fingerprint density at radius 2 is 1.65 bits per heavy atom. The Kier molecular flexibility index (Phi) is 10.8. The van der Waals surface area contributed by atoms with Gasteiger partial charge in [-0.05, 0) is 52.6 Å². The van der Waals surface area contributed by atoms with Gasteiger partial charge >= 0.3 is 0 Å². The summed E-state index contributed by atoms with van der Waals surface area (Å²) in [6, 6.07) is 0.357. The monoisotopic (exact) mass is 479 g/mol. The number of guanidine groups is 1. The minimum absolute atomic E-state index is 0. The van der Waals surface area contributed by atoms with E-state index in [4.69, 9.17) is 0 Å². The molecule has 26 heavy (non-hydrogen) atoms. The van der Waals surface area contributed by atoms with Gasteiger partial charge < -0.3 is 16.0 Å². The van der Waals surface area contributed by atoms with E-state index in [0.717, 1.165) is 19.4 Å². The minimum Gasteiger partial charge on any atom is -0.355 e. The van der Waals surface area contributed by atoms with Gasteiger partial charge in [0.2, 0.25) is 5.91 Å². The van der Waals surface area contributed by atoms with Crippen LogP contribution in [0.5, 0.6) is 0 Å². The van der Waals surface area contributed by atoms with E-state index in [9.17, 15) is 4.79 Å². The third-order valence-electron chi connectivity index (χ3n) is 5.51. The molecular weight excluding hydrogens is 441 g/mol. The maximum atomic E-state index is 12.1. The third kappa shape index (κ3) is 7.98. The molecule has 0 atom stereocenters. The van der Waals surface area contributed by atoms with Crippen LogP contribution in [0.1, 0.15) is 65.2 Å². The molecule has 2 fully saturated rings. The molecule has 1 saturated heterocycles. The number of nitrogens with one attached hydrogen (secondary N) is 3. The van der Waals surface area contributed by atoms with Crippen LogP contribution in [0.25, 0.3) is 0 Å². The van der Waals surface area contributed by atoms with Gasteiger partial charge in [0.05, 0.1) is 6.54 Å². The smallest absolute Gasteiger partial charge is 0.239 e. The number of rotatable bonds is 6. The summed E-state index contributed by atoms with van der Waals surface area (Å²) in [5.74, 6) is 0.758. The van der Waals surface area contributed by atoms with Crippen LogP contribution in [0, 0.1) is 0 Å². The number of carbonyl (C=O) groups excluding carboxylic acids is 1. The molecule has 1 heterocycles. The van der Waals surface area contributed by atoms with Crippen LogP contribution in [0.2, 0.25) is 0 Å². The Morgan fingerprint density at radius 1 is 1.04 bits per heavy atom. The number of amides is 1. The van der Waals surface area contributed by atoms with Gasteiger partial charge in [-0.2, -0.15) is 0 Å². The van der Waals surface area contributed by atoms with Gasteiger partial charge in [0.25, 0.3) is 0 Å². The molecule has 0 aromatic heterocycles. The predicted molar refractivity (Wildman–Crippen MR) is 119 cm³/mol. The van der Waals surface area contributed by atoms with Crippen LogP contribution >= 0.6 is 24.0 Å². The van der Waals surface area contributed by atoms with Crippen LogP contribution in [0.4, 0.5) is 0 Å². The van der Waals surface area contributed by atoms with Gasteiger partial charge in [0.15, 0.2) is 5.96 Å². The van der Waals surface area contributed by atoms with Crippen LogP contribution in [-0.2, 0) is 4.79 Å². The number of carbonyl (C=O) groups is 1. The zero-order chi connectivity index (χ0) is 18.1. The second-order valence-electron chi connectivity index (χ2n) is 8.04. The molecule has 2 aliphatic rings. The summed E-state index contributed by atoms with van der Waals surface area (Å²) >= 11 is 0. The molecule has 0 bridgehead atoms. The normalized spacial score (nSPS) is 20.2. The number of likely N-dealkylation sites (tertiary alicyclic amines) is 1. The summed E-state index contributed by atoms with van der Waals surface area (Å²) in [6.45, 7) is 7.98. The molecule has 0 aromatic carbocycles. The number of halogens is 1. The Balaban J connectivity index is 0.00000338. The van der Waals surface area contributed by atoms with Gasteiger partial charge in [0.1, 0.15) is 0 Å². The number of aliphatic imine (C=N–C) groups is 1. The van der Waals surface area contributed by atoms with Crippen molar-refractivity contribution >= 4 is 35.8 Å². The lowest BCUT2D eigenvalue weighted by Crippen LogP contribution is -2.55. The van der Waals surface area contributed by atoms with Gasteiger partial charge in [0, 0.05) is 25.2 Å². The summed E-state index contributed by atoms with van der Waals surface area (Å²) < 4.78 is 0. The molecule has 1 aliphatic carbocycles. The maximum Gasteiger partial charge on any atom is 0.239 e. The Hall–Kier alpha value is -0.570. The molecule has 6 nitrogen and oxygen atoms in total. The summed E-state index contributed by atoms with van der Waals surface area (Å²) in [5.41, 5.74) is 0.0857. The average molecular weight is 479 g/mol. The average Bonchev–Trinajstić information content (AvgIpc) is 2.63. The van der Waals surface area contributed by atoms with Crippen molar-refractivity contribution in [2.24, 2.45) is 4.99 Å². The van der Waals surface area contributed by atoms with Crippen molar-refractivity contribution in [3.8, 4) is 0 Å². The third-order valence-corrected chi connectivity index (χ3v) is 5.51. The van der Waals surface area contributed by atoms with Gasteiger partial charge in [-0.1, -0.05) is 25.7 Å². The molecule has 0 radical (unpaired) electrons. The first kappa shape index (κ1) is 23.5. The van der Waals surface area contributed by atoms with Crippen molar-refractivity contribution in [3.63, 3.8) is 0 Å². The highest BCUT2D eigenvalue weighted by atomic mass is 127. The predicted octanol–water partition coefficient (Wildman–Crippen LogP) is 2.48. The highest BCUT2D eigenvalue weighted by Crippen LogP contribution is 2.19. The van der Waals surface area contributed by atoms with E-state index in [-0.39, 0.29) is 42.0 Å². The fourth-order valence-corrected chi connectivity index (χ4v) is 3.82. The molecule has 1 aliphatic heterocycles. The fraction of sp³-hybridized carbons (Fsp3) is 0.895. The quantitative estimate of drug-likeness (QED) is 0.311. The van der Waals surface area contributed by atoms with Crippen molar-refractivity contribution < 1.29 is 4.79 Å². The summed E-state index contributed by atoms with van der Waals surface area (Å²) in [7, 11) is 1.75. The van der Waals surface area contributed by atoms with Gasteiger partial charge in [-0.15, -0.1) is 24.0 Å². The molecule has 0 spiro atoms. The van der Waals surface area contributed by atoms with E-state index in [0.29, 0.717) is 12.0 Å². The van der Waals surface area contributed by atoms with Crippen LogP contribution in [-0.4, -0.2) is 61.6 Å². The van der Waals surface area contributed by atoms with E-state index in [1.54, 1.807) is 7.05 Å². The lowest BCUT2D eigenvalue weighted by molar-refractivity contribution is -0.120. The molecule has 0 aromatic rings. The van der Waals surface area contributed by atoms with Crippen molar-refractivity contribution in [1.82, 2.24) is 20.9 Å². The SMILES string of the molecule is CN=C(NCC(=O)NC1CCCCC1)NCC(C)(C)N1CCCCC1.I. The number of nitrogens with zero attached hydrogens (tertiary/aromatic N) is 2. The van der Waals surface area contributed by atoms with Crippen molar-refractivity contribution in [3.05, 3.63) is 0 Å². The molecular formula is C19H38IN5O. The largest absolute Gasteiger partial charge is 0.355 e. The molecule has 2 rings (SSSR count). The zero-order valence-electron chi connectivity index (χ0n) is 16.8. The number of hydrogen-bond acceptors (Lipinski definition) is 3. The Morgan fingerprint density at radius 3 is 2.27 bits per heavy atom. The van der Waals surface area contributed by atoms with E-state index in [1.165, 1.54) is 51.6 Å². The Labute approximate surface area is 176 Å². The second-order valence-corrected chi connectivity index (χ2v) is 8.04. The Bertz CT molecular complexity index is 443. The molecule has 1 amide bonds. The first-order valence-electron chi connectivity index (χ1n) is 10.0. The minimum atomic E-state index is 0.